The maximum atomic E-state index is 5.59. The van der Waals surface area contributed by atoms with E-state index in [1.54, 1.807) is 21.3 Å². The molecular formula is C16H25N3O3. The summed E-state index contributed by atoms with van der Waals surface area (Å²) in [5.41, 5.74) is 1.10. The normalized spacial score (nSPS) is 18.1. The van der Waals surface area contributed by atoms with Crippen molar-refractivity contribution in [1.82, 2.24) is 10.6 Å². The van der Waals surface area contributed by atoms with Crippen LogP contribution in [0.25, 0.3) is 0 Å². The fourth-order valence-corrected chi connectivity index (χ4v) is 2.41. The van der Waals surface area contributed by atoms with E-state index in [0.717, 1.165) is 49.0 Å². The van der Waals surface area contributed by atoms with Crippen molar-refractivity contribution in [2.45, 2.75) is 25.5 Å². The molecule has 0 spiro atoms. The van der Waals surface area contributed by atoms with Crippen molar-refractivity contribution in [3.63, 3.8) is 0 Å². The topological polar surface area (TPSA) is 64.1 Å². The number of hydrogen-bond donors (Lipinski definition) is 2. The summed E-state index contributed by atoms with van der Waals surface area (Å²) in [6.45, 7) is 2.31. The van der Waals surface area contributed by atoms with E-state index >= 15 is 0 Å². The molecule has 22 heavy (non-hydrogen) atoms. The summed E-state index contributed by atoms with van der Waals surface area (Å²) >= 11 is 0. The van der Waals surface area contributed by atoms with Gasteiger partial charge in [-0.25, -0.2) is 0 Å². The molecular weight excluding hydrogens is 282 g/mol. The molecule has 0 aromatic heterocycles. The molecule has 122 valence electrons. The summed E-state index contributed by atoms with van der Waals surface area (Å²) in [5.74, 6) is 2.22. The van der Waals surface area contributed by atoms with Gasteiger partial charge in [-0.15, -0.1) is 0 Å². The number of methoxy groups -OCH3 is 2. The third kappa shape index (κ3) is 4.53. The molecule has 1 unspecified atom stereocenters. The lowest BCUT2D eigenvalue weighted by molar-refractivity contribution is 0.114. The molecule has 6 heteroatoms. The van der Waals surface area contributed by atoms with E-state index in [4.69, 9.17) is 14.2 Å². The SMILES string of the molecule is CN=C(NCc1ccc(OC)c(OC)c1)NCC1CCCO1. The fourth-order valence-electron chi connectivity index (χ4n) is 2.41. The van der Waals surface area contributed by atoms with Gasteiger partial charge in [-0.3, -0.25) is 4.99 Å². The van der Waals surface area contributed by atoms with Gasteiger partial charge in [0, 0.05) is 26.7 Å². The van der Waals surface area contributed by atoms with E-state index in [2.05, 4.69) is 15.6 Å². The first-order chi connectivity index (χ1) is 10.8. The lowest BCUT2D eigenvalue weighted by Gasteiger charge is -2.15. The molecule has 1 heterocycles. The van der Waals surface area contributed by atoms with E-state index < -0.39 is 0 Å². The van der Waals surface area contributed by atoms with Gasteiger partial charge >= 0.3 is 0 Å². The number of nitrogens with one attached hydrogen (secondary N) is 2. The number of rotatable bonds is 6. The Kier molecular flexibility index (Phi) is 6.33. The van der Waals surface area contributed by atoms with Crippen LogP contribution in [0.1, 0.15) is 18.4 Å². The van der Waals surface area contributed by atoms with Gasteiger partial charge in [-0.2, -0.15) is 0 Å². The summed E-state index contributed by atoms with van der Waals surface area (Å²) in [6.07, 6.45) is 2.54. The van der Waals surface area contributed by atoms with E-state index in [9.17, 15) is 0 Å². The standard InChI is InChI=1S/C16H25N3O3/c1-17-16(19-11-13-5-4-8-22-13)18-10-12-6-7-14(20-2)15(9-12)21-3/h6-7,9,13H,4-5,8,10-11H2,1-3H3,(H2,17,18,19). The lowest BCUT2D eigenvalue weighted by atomic mass is 10.2. The Balaban J connectivity index is 1.84. The average Bonchev–Trinajstić information content (AvgIpc) is 3.08. The minimum absolute atomic E-state index is 0.291. The quantitative estimate of drug-likeness (QED) is 0.617. The van der Waals surface area contributed by atoms with Crippen molar-refractivity contribution >= 4 is 5.96 Å². The van der Waals surface area contributed by atoms with E-state index in [1.807, 2.05) is 18.2 Å². The molecule has 1 aromatic rings. The molecule has 0 saturated carbocycles. The second kappa shape index (κ2) is 8.48. The van der Waals surface area contributed by atoms with Crippen molar-refractivity contribution < 1.29 is 14.2 Å². The molecule has 1 aliphatic heterocycles. The Bertz CT molecular complexity index is 499. The summed E-state index contributed by atoms with van der Waals surface area (Å²) in [4.78, 5) is 4.22. The highest BCUT2D eigenvalue weighted by Gasteiger charge is 2.15. The largest absolute Gasteiger partial charge is 0.493 e. The zero-order valence-corrected chi connectivity index (χ0v) is 13.5. The first kappa shape index (κ1) is 16.4. The van der Waals surface area contributed by atoms with Crippen molar-refractivity contribution in [2.24, 2.45) is 4.99 Å². The molecule has 1 aliphatic rings. The number of aliphatic imine (C=N–C) groups is 1. The van der Waals surface area contributed by atoms with Crippen molar-refractivity contribution in [1.29, 1.82) is 0 Å². The predicted molar refractivity (Wildman–Crippen MR) is 86.7 cm³/mol. The Morgan fingerprint density at radius 3 is 2.73 bits per heavy atom. The zero-order chi connectivity index (χ0) is 15.8. The van der Waals surface area contributed by atoms with Crippen molar-refractivity contribution in [2.75, 3.05) is 34.4 Å². The molecule has 0 radical (unpaired) electrons. The minimum atomic E-state index is 0.291. The number of hydrogen-bond acceptors (Lipinski definition) is 4. The van der Waals surface area contributed by atoms with Gasteiger partial charge < -0.3 is 24.8 Å². The van der Waals surface area contributed by atoms with Crippen molar-refractivity contribution in [3.8, 4) is 11.5 Å². The molecule has 2 rings (SSSR count). The monoisotopic (exact) mass is 307 g/mol. The zero-order valence-electron chi connectivity index (χ0n) is 13.5. The third-order valence-electron chi connectivity index (χ3n) is 3.65. The van der Waals surface area contributed by atoms with Crippen LogP contribution in [0.3, 0.4) is 0 Å². The van der Waals surface area contributed by atoms with Crippen LogP contribution in [0, 0.1) is 0 Å². The molecule has 1 saturated heterocycles. The second-order valence-corrected chi connectivity index (χ2v) is 5.13. The Morgan fingerprint density at radius 2 is 2.09 bits per heavy atom. The molecule has 1 aromatic carbocycles. The van der Waals surface area contributed by atoms with Crippen LogP contribution in [0.4, 0.5) is 0 Å². The van der Waals surface area contributed by atoms with Gasteiger partial charge in [0.25, 0.3) is 0 Å². The van der Waals surface area contributed by atoms with Gasteiger partial charge in [0.2, 0.25) is 0 Å². The summed E-state index contributed by atoms with van der Waals surface area (Å²) in [7, 11) is 5.03. The van der Waals surface area contributed by atoms with Crippen LogP contribution < -0.4 is 20.1 Å². The van der Waals surface area contributed by atoms with Gasteiger partial charge in [-0.1, -0.05) is 6.07 Å². The Morgan fingerprint density at radius 1 is 1.27 bits per heavy atom. The number of nitrogens with zero attached hydrogens (tertiary/aromatic N) is 1. The van der Waals surface area contributed by atoms with Crippen LogP contribution >= 0.6 is 0 Å². The average molecular weight is 307 g/mol. The number of ether oxygens (including phenoxy) is 3. The van der Waals surface area contributed by atoms with Crippen LogP contribution in [0.5, 0.6) is 11.5 Å². The molecule has 0 amide bonds. The van der Waals surface area contributed by atoms with E-state index in [-0.39, 0.29) is 0 Å². The van der Waals surface area contributed by atoms with Crippen LogP contribution in [-0.2, 0) is 11.3 Å². The Labute approximate surface area is 131 Å². The highest BCUT2D eigenvalue weighted by atomic mass is 16.5. The first-order valence-corrected chi connectivity index (χ1v) is 7.54. The summed E-state index contributed by atoms with van der Waals surface area (Å²) in [5, 5.41) is 6.58. The summed E-state index contributed by atoms with van der Waals surface area (Å²) < 4.78 is 16.1. The fraction of sp³-hybridized carbons (Fsp3) is 0.562. The highest BCUT2D eigenvalue weighted by molar-refractivity contribution is 5.79. The molecule has 0 aliphatic carbocycles. The van der Waals surface area contributed by atoms with Gasteiger partial charge in [0.1, 0.15) is 0 Å². The van der Waals surface area contributed by atoms with Crippen LogP contribution in [-0.4, -0.2) is 46.5 Å². The predicted octanol–water partition coefficient (Wildman–Crippen LogP) is 1.55. The molecule has 1 fully saturated rings. The van der Waals surface area contributed by atoms with E-state index in [0.29, 0.717) is 12.6 Å². The maximum Gasteiger partial charge on any atom is 0.191 e. The van der Waals surface area contributed by atoms with E-state index in [1.165, 1.54) is 0 Å². The lowest BCUT2D eigenvalue weighted by Crippen LogP contribution is -2.40. The molecule has 2 N–H and O–H groups in total. The number of benzene rings is 1. The maximum absolute atomic E-state index is 5.59. The van der Waals surface area contributed by atoms with Crippen LogP contribution in [0.2, 0.25) is 0 Å². The summed E-state index contributed by atoms with van der Waals surface area (Å²) in [6, 6.07) is 5.86. The molecule has 1 atom stereocenters. The van der Waals surface area contributed by atoms with Gasteiger partial charge in [0.15, 0.2) is 17.5 Å². The highest BCUT2D eigenvalue weighted by Crippen LogP contribution is 2.27. The smallest absolute Gasteiger partial charge is 0.191 e. The molecule has 0 bridgehead atoms. The van der Waals surface area contributed by atoms with Crippen LogP contribution in [0.15, 0.2) is 23.2 Å². The van der Waals surface area contributed by atoms with Gasteiger partial charge in [0.05, 0.1) is 20.3 Å². The number of guanidine groups is 1. The third-order valence-corrected chi connectivity index (χ3v) is 3.65. The molecule has 6 nitrogen and oxygen atoms in total. The Hall–Kier alpha value is -1.95. The van der Waals surface area contributed by atoms with Crippen molar-refractivity contribution in [3.05, 3.63) is 23.8 Å². The first-order valence-electron chi connectivity index (χ1n) is 7.54. The minimum Gasteiger partial charge on any atom is -0.493 e. The second-order valence-electron chi connectivity index (χ2n) is 5.13. The van der Waals surface area contributed by atoms with Gasteiger partial charge in [-0.05, 0) is 30.5 Å².